The van der Waals surface area contributed by atoms with E-state index >= 15 is 0 Å². The van der Waals surface area contributed by atoms with Crippen molar-refractivity contribution in [2.75, 3.05) is 20.1 Å². The second kappa shape index (κ2) is 4.75. The maximum atomic E-state index is 11.1. The van der Waals surface area contributed by atoms with Gasteiger partial charge in [-0.3, -0.25) is 4.79 Å². The molecule has 0 aliphatic carbocycles. The highest BCUT2D eigenvalue weighted by molar-refractivity contribution is 5.93. The van der Waals surface area contributed by atoms with E-state index in [1.807, 2.05) is 13.0 Å². The lowest BCUT2D eigenvalue weighted by atomic mass is 10.1. The Hall–Kier alpha value is -1.55. The van der Waals surface area contributed by atoms with Crippen LogP contribution in [0.3, 0.4) is 0 Å². The number of rotatable bonds is 3. The van der Waals surface area contributed by atoms with Gasteiger partial charge >= 0.3 is 0 Å². The molecular formula is C13H18N2O2. The van der Waals surface area contributed by atoms with Gasteiger partial charge in [-0.05, 0) is 38.1 Å². The first-order valence-corrected chi connectivity index (χ1v) is 5.82. The number of carbonyl (C=O) groups is 1. The van der Waals surface area contributed by atoms with Crippen LogP contribution < -0.4 is 10.5 Å². The smallest absolute Gasteiger partial charge is 0.248 e. The zero-order valence-electron chi connectivity index (χ0n) is 10.3. The van der Waals surface area contributed by atoms with Crippen LogP contribution in [0.5, 0.6) is 5.75 Å². The predicted molar refractivity (Wildman–Crippen MR) is 66.2 cm³/mol. The summed E-state index contributed by atoms with van der Waals surface area (Å²) in [5, 5.41) is 0. The van der Waals surface area contributed by atoms with Gasteiger partial charge in [0.05, 0.1) is 0 Å². The maximum absolute atomic E-state index is 11.1. The van der Waals surface area contributed by atoms with E-state index in [0.717, 1.165) is 30.8 Å². The van der Waals surface area contributed by atoms with Gasteiger partial charge in [0.2, 0.25) is 5.91 Å². The van der Waals surface area contributed by atoms with Crippen molar-refractivity contribution >= 4 is 5.91 Å². The third-order valence-electron chi connectivity index (χ3n) is 3.11. The first-order chi connectivity index (χ1) is 8.06. The number of hydrogen-bond acceptors (Lipinski definition) is 3. The highest BCUT2D eigenvalue weighted by atomic mass is 16.5. The molecule has 2 rings (SSSR count). The molecule has 4 nitrogen and oxygen atoms in total. The van der Waals surface area contributed by atoms with Crippen LogP contribution >= 0.6 is 0 Å². The number of nitrogens with zero attached hydrogens (tertiary/aromatic N) is 1. The van der Waals surface area contributed by atoms with E-state index in [4.69, 9.17) is 10.5 Å². The first-order valence-electron chi connectivity index (χ1n) is 5.82. The molecule has 0 spiro atoms. The molecule has 2 N–H and O–H groups in total. The van der Waals surface area contributed by atoms with Crippen molar-refractivity contribution in [2.45, 2.75) is 19.4 Å². The van der Waals surface area contributed by atoms with Crippen molar-refractivity contribution in [2.24, 2.45) is 5.73 Å². The highest BCUT2D eigenvalue weighted by Gasteiger charge is 2.21. The first kappa shape index (κ1) is 11.9. The van der Waals surface area contributed by atoms with Crippen LogP contribution in [0.25, 0.3) is 0 Å². The number of primary amides is 1. The normalized spacial score (nSPS) is 20.5. The number of amides is 1. The summed E-state index contributed by atoms with van der Waals surface area (Å²) in [6.07, 6.45) is 1.23. The number of likely N-dealkylation sites (tertiary alicyclic amines) is 1. The SMILES string of the molecule is Cc1ccc(C(N)=O)cc1OC1CCN(C)C1. The second-order valence-corrected chi connectivity index (χ2v) is 4.64. The predicted octanol–water partition coefficient (Wildman–Crippen LogP) is 1.18. The molecule has 92 valence electrons. The van der Waals surface area contributed by atoms with Gasteiger partial charge in [-0.25, -0.2) is 0 Å². The minimum Gasteiger partial charge on any atom is -0.489 e. The molecule has 1 aliphatic heterocycles. The van der Waals surface area contributed by atoms with Crippen LogP contribution in [-0.2, 0) is 0 Å². The summed E-state index contributed by atoms with van der Waals surface area (Å²) < 4.78 is 5.92. The van der Waals surface area contributed by atoms with Crippen LogP contribution in [0.2, 0.25) is 0 Å². The minimum atomic E-state index is -0.418. The molecule has 0 radical (unpaired) electrons. The van der Waals surface area contributed by atoms with Crippen LogP contribution in [0.4, 0.5) is 0 Å². The third-order valence-corrected chi connectivity index (χ3v) is 3.11. The number of hydrogen-bond donors (Lipinski definition) is 1. The van der Waals surface area contributed by atoms with Crippen molar-refractivity contribution in [1.82, 2.24) is 4.90 Å². The number of benzene rings is 1. The molecule has 0 bridgehead atoms. The number of likely N-dealkylation sites (N-methyl/N-ethyl adjacent to an activating group) is 1. The lowest BCUT2D eigenvalue weighted by Crippen LogP contribution is -2.22. The molecule has 1 aliphatic rings. The Balaban J connectivity index is 2.14. The summed E-state index contributed by atoms with van der Waals surface area (Å²) in [7, 11) is 2.08. The van der Waals surface area contributed by atoms with E-state index in [9.17, 15) is 4.79 Å². The Kier molecular flexibility index (Phi) is 3.33. The lowest BCUT2D eigenvalue weighted by molar-refractivity contribution is 0.0999. The van der Waals surface area contributed by atoms with Crippen LogP contribution in [0, 0.1) is 6.92 Å². The van der Waals surface area contributed by atoms with Crippen molar-refractivity contribution < 1.29 is 9.53 Å². The van der Waals surface area contributed by atoms with Gasteiger partial charge < -0.3 is 15.4 Å². The summed E-state index contributed by atoms with van der Waals surface area (Å²) >= 11 is 0. The van der Waals surface area contributed by atoms with Crippen LogP contribution in [-0.4, -0.2) is 37.0 Å². The molecule has 1 unspecified atom stereocenters. The van der Waals surface area contributed by atoms with Crippen molar-refractivity contribution in [3.8, 4) is 5.75 Å². The van der Waals surface area contributed by atoms with Crippen LogP contribution in [0.1, 0.15) is 22.3 Å². The Morgan fingerprint density at radius 1 is 1.53 bits per heavy atom. The van der Waals surface area contributed by atoms with Gasteiger partial charge in [0.15, 0.2) is 0 Å². The van der Waals surface area contributed by atoms with Crippen molar-refractivity contribution in [1.29, 1.82) is 0 Å². The van der Waals surface area contributed by atoms with E-state index in [-0.39, 0.29) is 6.10 Å². The van der Waals surface area contributed by atoms with Gasteiger partial charge in [-0.1, -0.05) is 6.07 Å². The molecule has 1 atom stereocenters. The average molecular weight is 234 g/mol. The number of aryl methyl sites for hydroxylation is 1. The van der Waals surface area contributed by atoms with Gasteiger partial charge in [-0.15, -0.1) is 0 Å². The monoisotopic (exact) mass is 234 g/mol. The molecule has 1 amide bonds. The Bertz CT molecular complexity index is 431. The average Bonchev–Trinajstić information content (AvgIpc) is 2.67. The quantitative estimate of drug-likeness (QED) is 0.854. The summed E-state index contributed by atoms with van der Waals surface area (Å²) in [4.78, 5) is 13.3. The van der Waals surface area contributed by atoms with E-state index < -0.39 is 5.91 Å². The molecule has 1 aromatic carbocycles. The van der Waals surface area contributed by atoms with E-state index in [1.165, 1.54) is 0 Å². The molecule has 0 saturated carbocycles. The summed E-state index contributed by atoms with van der Waals surface area (Å²) in [6, 6.07) is 5.33. The third kappa shape index (κ3) is 2.77. The molecule has 4 heteroatoms. The minimum absolute atomic E-state index is 0.210. The fourth-order valence-corrected chi connectivity index (χ4v) is 2.05. The summed E-state index contributed by atoms with van der Waals surface area (Å²) in [5.74, 6) is 0.347. The summed E-state index contributed by atoms with van der Waals surface area (Å²) in [6.45, 7) is 3.96. The van der Waals surface area contributed by atoms with Gasteiger partial charge in [-0.2, -0.15) is 0 Å². The van der Waals surface area contributed by atoms with E-state index in [1.54, 1.807) is 12.1 Å². The van der Waals surface area contributed by atoms with Crippen molar-refractivity contribution in [3.05, 3.63) is 29.3 Å². The van der Waals surface area contributed by atoms with Gasteiger partial charge in [0, 0.05) is 18.7 Å². The molecule has 1 saturated heterocycles. The molecule has 0 aromatic heterocycles. The molecule has 17 heavy (non-hydrogen) atoms. The summed E-state index contributed by atoms with van der Waals surface area (Å²) in [5.41, 5.74) is 6.79. The zero-order valence-corrected chi connectivity index (χ0v) is 10.3. The molecule has 1 aromatic rings. The molecule has 1 heterocycles. The van der Waals surface area contributed by atoms with Crippen molar-refractivity contribution in [3.63, 3.8) is 0 Å². The Labute approximate surface area is 101 Å². The fraction of sp³-hybridized carbons (Fsp3) is 0.462. The van der Waals surface area contributed by atoms with E-state index in [0.29, 0.717) is 5.56 Å². The largest absolute Gasteiger partial charge is 0.489 e. The van der Waals surface area contributed by atoms with E-state index in [2.05, 4.69) is 11.9 Å². The highest BCUT2D eigenvalue weighted by Crippen LogP contribution is 2.23. The molecule has 1 fully saturated rings. The number of nitrogens with two attached hydrogens (primary N) is 1. The Morgan fingerprint density at radius 3 is 2.88 bits per heavy atom. The zero-order chi connectivity index (χ0) is 12.4. The number of carbonyl (C=O) groups excluding carboxylic acids is 1. The standard InChI is InChI=1S/C13H18N2O2/c1-9-3-4-10(13(14)16)7-12(9)17-11-5-6-15(2)8-11/h3-4,7,11H,5-6,8H2,1-2H3,(H2,14,16). The Morgan fingerprint density at radius 2 is 2.29 bits per heavy atom. The van der Waals surface area contributed by atoms with Gasteiger partial charge in [0.25, 0.3) is 0 Å². The van der Waals surface area contributed by atoms with Gasteiger partial charge in [0.1, 0.15) is 11.9 Å². The van der Waals surface area contributed by atoms with Crippen LogP contribution in [0.15, 0.2) is 18.2 Å². The topological polar surface area (TPSA) is 55.6 Å². The second-order valence-electron chi connectivity index (χ2n) is 4.64. The molecular weight excluding hydrogens is 216 g/mol. The maximum Gasteiger partial charge on any atom is 0.248 e. The fourth-order valence-electron chi connectivity index (χ4n) is 2.05. The lowest BCUT2D eigenvalue weighted by Gasteiger charge is -2.16. The number of ether oxygens (including phenoxy) is 1.